The number of ether oxygens (including phenoxy) is 2. The zero-order chi connectivity index (χ0) is 52.6. The number of carbonyl (C=O) groups is 2. The molecule has 12 nitrogen and oxygen atoms in total. The molecule has 71 heavy (non-hydrogen) atoms. The number of amides is 2. The second-order valence-electron chi connectivity index (χ2n) is 22.4. The maximum Gasteiger partial charge on any atom is 0.411 e. The number of nitrogens with one attached hydrogen (secondary N) is 2. The second-order valence-corrected chi connectivity index (χ2v) is 27.2. The van der Waals surface area contributed by atoms with Gasteiger partial charge in [-0.3, -0.25) is 15.5 Å². The topological polar surface area (TPSA) is 151 Å². The van der Waals surface area contributed by atoms with Crippen molar-refractivity contribution < 1.29 is 35.9 Å². The summed E-state index contributed by atoms with van der Waals surface area (Å²) in [5.74, 6) is -0.166. The van der Waals surface area contributed by atoms with Crippen LogP contribution in [0.4, 0.5) is 21.0 Å². The lowest BCUT2D eigenvalue weighted by molar-refractivity contribution is -0.0298. The zero-order valence-electron chi connectivity index (χ0n) is 46.5. The zero-order valence-corrected chi connectivity index (χ0v) is 48.2. The number of allylic oxidation sites excluding steroid dienone is 1. The molecule has 4 atom stereocenters. The number of fused-ring (bicyclic) bond motifs is 2. The molecule has 1 aromatic carbocycles. The van der Waals surface area contributed by atoms with Crippen molar-refractivity contribution in [1.29, 1.82) is 0 Å². The van der Waals surface area contributed by atoms with Crippen LogP contribution in [0.3, 0.4) is 0 Å². The molecule has 2 N–H and O–H groups in total. The Morgan fingerprint density at radius 1 is 0.662 bits per heavy atom. The molecule has 2 heterocycles. The molecule has 1 aromatic rings. The van der Waals surface area contributed by atoms with Crippen molar-refractivity contribution in [2.24, 2.45) is 17.8 Å². The van der Waals surface area contributed by atoms with Gasteiger partial charge in [0.2, 0.25) is 0 Å². The standard InChI is InChI=1S/C57H98N4O8S2/c1-13-17-19-21-23-25-27-29-31-46-39-48-44(7)52(42(5)37-50(48)60(15-3)56(46,9)10)58-54(62)68-33-35-70(64,65)41-71(66,67)36-34-69-55(63)59-53-43(6)38-51-49(45(53)8)40-47(57(11,12)61(51)16-4)32-30-28-26-24-22-20-18-14-2/h37-38,46-48,50H,13-36,39-41H2,1-12H3,(H,58,62)(H,59,63). The number of aryl methyl sites for hydroxylation is 1. The van der Waals surface area contributed by atoms with E-state index in [1.54, 1.807) is 0 Å². The van der Waals surface area contributed by atoms with Gasteiger partial charge in [-0.15, -0.1) is 0 Å². The van der Waals surface area contributed by atoms with Crippen LogP contribution in [0.15, 0.2) is 29.0 Å². The summed E-state index contributed by atoms with van der Waals surface area (Å²) in [6, 6.07) is 2.34. The Labute approximate surface area is 432 Å². The first kappa shape index (κ1) is 60.5. The molecule has 406 valence electrons. The van der Waals surface area contributed by atoms with Crippen LogP contribution < -0.4 is 15.5 Å². The molecule has 0 spiro atoms. The van der Waals surface area contributed by atoms with Gasteiger partial charge in [0, 0.05) is 41.0 Å². The van der Waals surface area contributed by atoms with Gasteiger partial charge in [-0.2, -0.15) is 0 Å². The molecule has 3 aliphatic rings. The van der Waals surface area contributed by atoms with E-state index < -0.39 is 61.7 Å². The van der Waals surface area contributed by atoms with Gasteiger partial charge in [0.05, 0.1) is 17.2 Å². The maximum absolute atomic E-state index is 13.1. The number of likely N-dealkylation sites (tertiary alicyclic amines) is 1. The fourth-order valence-corrected chi connectivity index (χ4v) is 16.1. The predicted octanol–water partition coefficient (Wildman–Crippen LogP) is 13.5. The van der Waals surface area contributed by atoms with Crippen LogP contribution in [0, 0.1) is 31.6 Å². The van der Waals surface area contributed by atoms with Crippen molar-refractivity contribution in [1.82, 2.24) is 10.2 Å². The van der Waals surface area contributed by atoms with Gasteiger partial charge in [0.15, 0.2) is 24.8 Å². The van der Waals surface area contributed by atoms with Gasteiger partial charge in [-0.25, -0.2) is 26.4 Å². The molecule has 0 aromatic heterocycles. The number of hydrogen-bond acceptors (Lipinski definition) is 10. The summed E-state index contributed by atoms with van der Waals surface area (Å²) in [5.41, 5.74) is 7.63. The molecular formula is C57H98N4O8S2. The van der Waals surface area contributed by atoms with Crippen LogP contribution in [-0.4, -0.2) is 93.9 Å². The summed E-state index contributed by atoms with van der Waals surface area (Å²) in [7, 11) is -8.37. The van der Waals surface area contributed by atoms with Crippen LogP contribution in [0.2, 0.25) is 0 Å². The smallest absolute Gasteiger partial charge is 0.411 e. The molecule has 0 saturated carbocycles. The molecule has 1 saturated heterocycles. The molecule has 4 unspecified atom stereocenters. The van der Waals surface area contributed by atoms with E-state index in [0.29, 0.717) is 23.2 Å². The van der Waals surface area contributed by atoms with E-state index in [9.17, 15) is 26.4 Å². The third-order valence-electron chi connectivity index (χ3n) is 16.7. The van der Waals surface area contributed by atoms with Gasteiger partial charge in [-0.1, -0.05) is 130 Å². The van der Waals surface area contributed by atoms with Crippen LogP contribution >= 0.6 is 0 Å². The van der Waals surface area contributed by atoms with E-state index in [2.05, 4.69) is 94.9 Å². The molecule has 2 amide bonds. The van der Waals surface area contributed by atoms with E-state index in [0.717, 1.165) is 54.6 Å². The SMILES string of the molecule is CCCCCCCCCCC1Cc2c(cc(C)c(NC(=O)OCCS(=O)(=O)CS(=O)(=O)CCOC(=O)NC3=C(C)C4CC(CCCCCCCCCC)C(C)(C)N(CC)C4C=C3C)c2C)N(CC)C1(C)C. The summed E-state index contributed by atoms with van der Waals surface area (Å²) >= 11 is 0. The van der Waals surface area contributed by atoms with Crippen LogP contribution in [0.5, 0.6) is 0 Å². The van der Waals surface area contributed by atoms with Crippen molar-refractivity contribution in [3.8, 4) is 0 Å². The number of anilines is 2. The average Bonchev–Trinajstić information content (AvgIpc) is 3.28. The first-order valence-electron chi connectivity index (χ1n) is 27.9. The Hall–Kier alpha value is -3.10. The fourth-order valence-electron chi connectivity index (χ4n) is 12.3. The van der Waals surface area contributed by atoms with Crippen molar-refractivity contribution >= 4 is 43.2 Å². The van der Waals surface area contributed by atoms with Gasteiger partial charge < -0.3 is 14.4 Å². The Morgan fingerprint density at radius 3 is 1.66 bits per heavy atom. The van der Waals surface area contributed by atoms with Crippen molar-refractivity contribution in [3.05, 3.63) is 45.7 Å². The lowest BCUT2D eigenvalue weighted by atomic mass is 9.66. The Bertz CT molecular complexity index is 2180. The van der Waals surface area contributed by atoms with Gasteiger partial charge >= 0.3 is 12.2 Å². The number of alkyl carbamates (subject to hydrolysis) is 1. The van der Waals surface area contributed by atoms with Crippen LogP contribution in [-0.2, 0) is 35.6 Å². The van der Waals surface area contributed by atoms with E-state index in [1.807, 2.05) is 20.8 Å². The van der Waals surface area contributed by atoms with Crippen LogP contribution in [0.25, 0.3) is 0 Å². The normalized spacial score (nSPS) is 21.1. The maximum atomic E-state index is 13.1. The summed E-state index contributed by atoms with van der Waals surface area (Å²) in [5, 5.41) is 4.62. The summed E-state index contributed by atoms with van der Waals surface area (Å²) in [4.78, 5) is 31.4. The Morgan fingerprint density at radius 2 is 1.15 bits per heavy atom. The first-order valence-corrected chi connectivity index (χ1v) is 31.5. The monoisotopic (exact) mass is 1030 g/mol. The molecule has 0 radical (unpaired) electrons. The van der Waals surface area contributed by atoms with E-state index in [4.69, 9.17) is 9.47 Å². The number of sulfone groups is 2. The Kier molecular flexibility index (Phi) is 23.8. The predicted molar refractivity (Wildman–Crippen MR) is 295 cm³/mol. The quantitative estimate of drug-likeness (QED) is 0.0713. The molecule has 1 fully saturated rings. The molecule has 0 bridgehead atoms. The lowest BCUT2D eigenvalue weighted by Gasteiger charge is -2.56. The highest BCUT2D eigenvalue weighted by Gasteiger charge is 2.48. The highest BCUT2D eigenvalue weighted by Crippen LogP contribution is 2.48. The van der Waals surface area contributed by atoms with Crippen molar-refractivity contribution in [3.63, 3.8) is 0 Å². The third kappa shape index (κ3) is 17.0. The van der Waals surface area contributed by atoms with Gasteiger partial charge in [0.1, 0.15) is 13.2 Å². The summed E-state index contributed by atoms with van der Waals surface area (Å²) in [6.07, 6.45) is 25.5. The van der Waals surface area contributed by atoms with Crippen molar-refractivity contribution in [2.75, 3.05) is 53.1 Å². The molecule has 4 rings (SSSR count). The highest BCUT2D eigenvalue weighted by molar-refractivity contribution is 8.08. The minimum atomic E-state index is -4.19. The summed E-state index contributed by atoms with van der Waals surface area (Å²) < 4.78 is 62.8. The third-order valence-corrected chi connectivity index (χ3v) is 21.1. The average molecular weight is 1030 g/mol. The van der Waals surface area contributed by atoms with Gasteiger partial charge in [-0.05, 0) is 140 Å². The fraction of sp³-hybridized carbons (Fsp3) is 0.789. The largest absolute Gasteiger partial charge is 0.448 e. The van der Waals surface area contributed by atoms with E-state index in [1.165, 1.54) is 120 Å². The minimum Gasteiger partial charge on any atom is -0.448 e. The van der Waals surface area contributed by atoms with E-state index >= 15 is 0 Å². The number of benzene rings is 1. The molecule has 2 aliphatic heterocycles. The number of nitrogens with zero attached hydrogens (tertiary/aromatic N) is 2. The number of likely N-dealkylation sites (N-methyl/N-ethyl adjacent to an activating group) is 1. The second kappa shape index (κ2) is 28.0. The minimum absolute atomic E-state index is 0.0232. The number of unbranched alkanes of at least 4 members (excludes halogenated alkanes) is 14. The first-order chi connectivity index (χ1) is 33.5. The number of hydrogen-bond donors (Lipinski definition) is 2. The number of rotatable bonds is 30. The lowest BCUT2D eigenvalue weighted by Crippen LogP contribution is -2.61. The van der Waals surface area contributed by atoms with Crippen molar-refractivity contribution in [2.45, 2.75) is 229 Å². The summed E-state index contributed by atoms with van der Waals surface area (Å²) in [6.45, 7) is 27.2. The molecule has 1 aliphatic carbocycles. The van der Waals surface area contributed by atoms with Crippen LogP contribution in [0.1, 0.15) is 208 Å². The molecular weight excluding hydrogens is 933 g/mol. The number of carbonyl (C=O) groups excluding carboxylic acids is 2. The van der Waals surface area contributed by atoms with Gasteiger partial charge in [0.25, 0.3) is 0 Å². The molecule has 14 heteroatoms. The number of piperidine rings is 1. The Balaban J connectivity index is 1.26. The van der Waals surface area contributed by atoms with E-state index in [-0.39, 0.29) is 23.0 Å². The highest BCUT2D eigenvalue weighted by atomic mass is 32.3.